The molecule has 0 atom stereocenters. The van der Waals surface area contributed by atoms with Crippen molar-refractivity contribution in [2.24, 2.45) is 0 Å². The number of nitrogens with zero attached hydrogens (tertiary/aromatic N) is 4. The maximum absolute atomic E-state index is 11.5. The van der Waals surface area contributed by atoms with E-state index in [1.807, 2.05) is 20.9 Å². The van der Waals surface area contributed by atoms with Crippen molar-refractivity contribution in [3.05, 3.63) is 0 Å². The molecule has 8 heteroatoms. The summed E-state index contributed by atoms with van der Waals surface area (Å²) in [6.45, 7) is 5.34. The van der Waals surface area contributed by atoms with Crippen molar-refractivity contribution in [3.8, 4) is 0 Å². The average molecular weight is 258 g/mol. The highest BCUT2D eigenvalue weighted by Crippen LogP contribution is 2.12. The lowest BCUT2D eigenvalue weighted by Gasteiger charge is -2.07. The third kappa shape index (κ3) is 5.14. The van der Waals surface area contributed by atoms with Gasteiger partial charge in [0.25, 0.3) is 0 Å². The summed E-state index contributed by atoms with van der Waals surface area (Å²) in [6.07, 6.45) is 0. The van der Waals surface area contributed by atoms with Crippen LogP contribution in [0.15, 0.2) is 5.16 Å². The minimum Gasteiger partial charge on any atom is -0.353 e. The number of thioether (sulfide) groups is 1. The summed E-state index contributed by atoms with van der Waals surface area (Å²) < 4.78 is 1.68. The standard InChI is InChI=1S/C9H18N6OS/c1-7(2)11-8(16)6-17-9-12-13-14-15(9)5-4-10-3/h7,10H,4-6H2,1-3H3,(H,11,16). The van der Waals surface area contributed by atoms with Crippen LogP contribution in [0.4, 0.5) is 0 Å². The molecule has 2 N–H and O–H groups in total. The van der Waals surface area contributed by atoms with Crippen LogP contribution >= 0.6 is 11.8 Å². The number of likely N-dealkylation sites (N-methyl/N-ethyl adjacent to an activating group) is 1. The second-order valence-corrected chi connectivity index (χ2v) is 4.74. The first kappa shape index (κ1) is 13.9. The van der Waals surface area contributed by atoms with Crippen LogP contribution < -0.4 is 10.6 Å². The predicted molar refractivity (Wildman–Crippen MR) is 65.7 cm³/mol. The van der Waals surface area contributed by atoms with Crippen molar-refractivity contribution in [1.29, 1.82) is 0 Å². The second-order valence-electron chi connectivity index (χ2n) is 3.80. The van der Waals surface area contributed by atoms with E-state index in [0.29, 0.717) is 17.5 Å². The second kappa shape index (κ2) is 7.23. The number of aromatic nitrogens is 4. The first-order valence-corrected chi connectivity index (χ1v) is 6.45. The maximum atomic E-state index is 11.5. The average Bonchev–Trinajstić information content (AvgIpc) is 2.70. The van der Waals surface area contributed by atoms with Gasteiger partial charge in [0.15, 0.2) is 0 Å². The van der Waals surface area contributed by atoms with Crippen molar-refractivity contribution >= 4 is 17.7 Å². The van der Waals surface area contributed by atoms with Gasteiger partial charge in [-0.05, 0) is 31.3 Å². The fourth-order valence-corrected chi connectivity index (χ4v) is 1.87. The van der Waals surface area contributed by atoms with E-state index in [4.69, 9.17) is 0 Å². The molecule has 7 nitrogen and oxygen atoms in total. The van der Waals surface area contributed by atoms with Gasteiger partial charge in [0, 0.05) is 12.6 Å². The summed E-state index contributed by atoms with van der Waals surface area (Å²) in [7, 11) is 1.87. The van der Waals surface area contributed by atoms with Gasteiger partial charge in [0.05, 0.1) is 12.3 Å². The van der Waals surface area contributed by atoms with Gasteiger partial charge in [-0.1, -0.05) is 11.8 Å². The first-order chi connectivity index (χ1) is 8.13. The topological polar surface area (TPSA) is 84.7 Å². The number of tetrazole rings is 1. The molecule has 0 saturated carbocycles. The molecule has 0 saturated heterocycles. The number of rotatable bonds is 7. The summed E-state index contributed by atoms with van der Waals surface area (Å²) in [5.41, 5.74) is 0. The van der Waals surface area contributed by atoms with Gasteiger partial charge in [-0.15, -0.1) is 5.10 Å². The molecule has 1 heterocycles. The smallest absolute Gasteiger partial charge is 0.230 e. The number of nitrogens with one attached hydrogen (secondary N) is 2. The molecule has 1 rings (SSSR count). The fraction of sp³-hybridized carbons (Fsp3) is 0.778. The third-order valence-electron chi connectivity index (χ3n) is 1.85. The van der Waals surface area contributed by atoms with Crippen molar-refractivity contribution in [2.45, 2.75) is 31.6 Å². The van der Waals surface area contributed by atoms with Crippen molar-refractivity contribution in [3.63, 3.8) is 0 Å². The number of hydrogen-bond donors (Lipinski definition) is 2. The van der Waals surface area contributed by atoms with Gasteiger partial charge < -0.3 is 10.6 Å². The van der Waals surface area contributed by atoms with Gasteiger partial charge in [-0.3, -0.25) is 4.79 Å². The minimum absolute atomic E-state index is 0.00633. The number of carbonyl (C=O) groups excluding carboxylic acids is 1. The summed E-state index contributed by atoms with van der Waals surface area (Å²) in [6, 6.07) is 0.156. The largest absolute Gasteiger partial charge is 0.353 e. The quantitative estimate of drug-likeness (QED) is 0.642. The Morgan fingerprint density at radius 3 is 2.94 bits per heavy atom. The highest BCUT2D eigenvalue weighted by molar-refractivity contribution is 7.99. The van der Waals surface area contributed by atoms with Gasteiger partial charge in [0.2, 0.25) is 11.1 Å². The molecule has 0 aliphatic carbocycles. The van der Waals surface area contributed by atoms with E-state index in [0.717, 1.165) is 6.54 Å². The highest BCUT2D eigenvalue weighted by atomic mass is 32.2. The number of amides is 1. The molecule has 1 amide bonds. The summed E-state index contributed by atoms with van der Waals surface area (Å²) in [4.78, 5) is 11.5. The summed E-state index contributed by atoms with van der Waals surface area (Å²) in [5, 5.41) is 17.8. The molecule has 0 bridgehead atoms. The normalized spacial score (nSPS) is 10.8. The van der Waals surface area contributed by atoms with Crippen LogP contribution in [0.1, 0.15) is 13.8 Å². The van der Waals surface area contributed by atoms with E-state index >= 15 is 0 Å². The van der Waals surface area contributed by atoms with E-state index in [1.54, 1.807) is 4.68 Å². The Balaban J connectivity index is 2.40. The van der Waals surface area contributed by atoms with Gasteiger partial charge >= 0.3 is 0 Å². The van der Waals surface area contributed by atoms with Gasteiger partial charge in [-0.2, -0.15) is 0 Å². The highest BCUT2D eigenvalue weighted by Gasteiger charge is 2.09. The molecule has 0 fully saturated rings. The molecule has 0 aliphatic heterocycles. The zero-order valence-corrected chi connectivity index (χ0v) is 11.1. The molecule has 0 spiro atoms. The van der Waals surface area contributed by atoms with E-state index < -0.39 is 0 Å². The fourth-order valence-electron chi connectivity index (χ4n) is 1.15. The van der Waals surface area contributed by atoms with E-state index in [1.165, 1.54) is 11.8 Å². The molecule has 0 aliphatic rings. The molecule has 0 radical (unpaired) electrons. The zero-order valence-electron chi connectivity index (χ0n) is 10.3. The molecule has 0 unspecified atom stereocenters. The number of hydrogen-bond acceptors (Lipinski definition) is 6. The molecular weight excluding hydrogens is 240 g/mol. The maximum Gasteiger partial charge on any atom is 0.230 e. The SMILES string of the molecule is CNCCn1nnnc1SCC(=O)NC(C)C. The Morgan fingerprint density at radius 2 is 2.29 bits per heavy atom. The van der Waals surface area contributed by atoms with Crippen LogP contribution in [0.2, 0.25) is 0 Å². The summed E-state index contributed by atoms with van der Waals surface area (Å²) >= 11 is 1.34. The van der Waals surface area contributed by atoms with Gasteiger partial charge in [-0.25, -0.2) is 4.68 Å². The third-order valence-corrected chi connectivity index (χ3v) is 2.81. The summed E-state index contributed by atoms with van der Waals surface area (Å²) in [5.74, 6) is 0.325. The van der Waals surface area contributed by atoms with E-state index in [9.17, 15) is 4.79 Å². The monoisotopic (exact) mass is 258 g/mol. The number of carbonyl (C=O) groups is 1. The van der Waals surface area contributed by atoms with Crippen LogP contribution in [-0.4, -0.2) is 51.5 Å². The van der Waals surface area contributed by atoms with Crippen molar-refractivity contribution in [2.75, 3.05) is 19.3 Å². The molecular formula is C9H18N6OS. The zero-order chi connectivity index (χ0) is 12.7. The van der Waals surface area contributed by atoms with E-state index in [2.05, 4.69) is 26.2 Å². The van der Waals surface area contributed by atoms with Crippen LogP contribution in [-0.2, 0) is 11.3 Å². The van der Waals surface area contributed by atoms with Crippen LogP contribution in [0.5, 0.6) is 0 Å². The first-order valence-electron chi connectivity index (χ1n) is 5.46. The predicted octanol–water partition coefficient (Wildman–Crippen LogP) is -0.491. The van der Waals surface area contributed by atoms with Crippen molar-refractivity contribution in [1.82, 2.24) is 30.8 Å². The Bertz CT molecular complexity index is 353. The molecule has 96 valence electrons. The lowest BCUT2D eigenvalue weighted by atomic mass is 10.4. The Labute approximate surface area is 105 Å². The molecule has 1 aromatic heterocycles. The van der Waals surface area contributed by atoms with Crippen LogP contribution in [0.25, 0.3) is 0 Å². The molecule has 0 aromatic carbocycles. The molecule has 17 heavy (non-hydrogen) atoms. The van der Waals surface area contributed by atoms with Crippen LogP contribution in [0.3, 0.4) is 0 Å². The lowest BCUT2D eigenvalue weighted by Crippen LogP contribution is -2.31. The van der Waals surface area contributed by atoms with Crippen molar-refractivity contribution < 1.29 is 4.79 Å². The Hall–Kier alpha value is -1.15. The Morgan fingerprint density at radius 1 is 1.53 bits per heavy atom. The van der Waals surface area contributed by atoms with E-state index in [-0.39, 0.29) is 11.9 Å². The minimum atomic E-state index is -0.00633. The lowest BCUT2D eigenvalue weighted by molar-refractivity contribution is -0.119. The Kier molecular flexibility index (Phi) is 5.92. The molecule has 1 aromatic rings. The van der Waals surface area contributed by atoms with Gasteiger partial charge in [0.1, 0.15) is 0 Å². The van der Waals surface area contributed by atoms with Crippen LogP contribution in [0, 0.1) is 0 Å².